The summed E-state index contributed by atoms with van der Waals surface area (Å²) in [6, 6.07) is 1.74. The minimum atomic E-state index is 0.0875. The van der Waals surface area contributed by atoms with E-state index in [9.17, 15) is 4.79 Å². The molecule has 0 unspecified atom stereocenters. The fraction of sp³-hybridized carbons (Fsp3) is 0.538. The molecule has 0 radical (unpaired) electrons. The Morgan fingerprint density at radius 1 is 1.43 bits per heavy atom. The molecule has 1 aliphatic rings. The fourth-order valence-corrected chi connectivity index (χ4v) is 3.06. The fourth-order valence-electron chi connectivity index (χ4n) is 2.30. The second-order valence-electron chi connectivity index (χ2n) is 5.12. The highest BCUT2D eigenvalue weighted by molar-refractivity contribution is 7.99. The Hall–Kier alpha value is -2.23. The molecular weight excluding hydrogens is 318 g/mol. The number of amides is 1. The molecule has 122 valence electrons. The van der Waals surface area contributed by atoms with Crippen molar-refractivity contribution in [2.24, 2.45) is 7.05 Å². The van der Waals surface area contributed by atoms with E-state index in [0.717, 1.165) is 12.8 Å². The number of aromatic nitrogens is 6. The summed E-state index contributed by atoms with van der Waals surface area (Å²) in [6.45, 7) is 1.37. The van der Waals surface area contributed by atoms with Gasteiger partial charge in [0.15, 0.2) is 0 Å². The second-order valence-corrected chi connectivity index (χ2v) is 6.06. The molecule has 0 aliphatic carbocycles. The first-order valence-corrected chi connectivity index (χ1v) is 8.26. The molecule has 0 saturated carbocycles. The van der Waals surface area contributed by atoms with Gasteiger partial charge in [-0.05, 0) is 10.4 Å². The second kappa shape index (κ2) is 7.36. The highest BCUT2D eigenvalue weighted by Gasteiger charge is 2.24. The Balaban J connectivity index is 1.43. The van der Waals surface area contributed by atoms with E-state index >= 15 is 0 Å². The van der Waals surface area contributed by atoms with Gasteiger partial charge in [-0.15, -0.1) is 5.10 Å². The van der Waals surface area contributed by atoms with Gasteiger partial charge in [0.2, 0.25) is 16.9 Å². The zero-order valence-corrected chi connectivity index (χ0v) is 13.5. The van der Waals surface area contributed by atoms with Crippen molar-refractivity contribution >= 4 is 17.7 Å². The van der Waals surface area contributed by atoms with Gasteiger partial charge >= 0.3 is 0 Å². The van der Waals surface area contributed by atoms with E-state index in [1.54, 1.807) is 24.0 Å². The average Bonchev–Trinajstić information content (AvgIpc) is 2.99. The summed E-state index contributed by atoms with van der Waals surface area (Å²) in [6.07, 6.45) is 4.80. The summed E-state index contributed by atoms with van der Waals surface area (Å²) in [5.41, 5.74) is 0. The van der Waals surface area contributed by atoms with Crippen LogP contribution in [0.2, 0.25) is 0 Å². The molecule has 0 bridgehead atoms. The molecule has 1 saturated heterocycles. The van der Waals surface area contributed by atoms with Gasteiger partial charge in [0.05, 0.1) is 5.75 Å². The van der Waals surface area contributed by atoms with Crippen LogP contribution in [0.1, 0.15) is 12.8 Å². The van der Waals surface area contributed by atoms with Gasteiger partial charge in [0.25, 0.3) is 0 Å². The summed E-state index contributed by atoms with van der Waals surface area (Å²) in [4.78, 5) is 22.0. The van der Waals surface area contributed by atoms with E-state index in [-0.39, 0.29) is 12.0 Å². The maximum Gasteiger partial charge on any atom is 0.233 e. The van der Waals surface area contributed by atoms with Crippen LogP contribution in [0.25, 0.3) is 0 Å². The summed E-state index contributed by atoms with van der Waals surface area (Å²) in [5, 5.41) is 11.8. The number of hydrogen-bond acceptors (Lipinski definition) is 8. The van der Waals surface area contributed by atoms with Gasteiger partial charge in [-0.1, -0.05) is 11.8 Å². The Bertz CT molecular complexity index is 643. The summed E-state index contributed by atoms with van der Waals surface area (Å²) >= 11 is 1.35. The van der Waals surface area contributed by atoms with E-state index < -0.39 is 0 Å². The van der Waals surface area contributed by atoms with Gasteiger partial charge in [-0.25, -0.2) is 14.6 Å². The van der Waals surface area contributed by atoms with Gasteiger partial charge < -0.3 is 9.64 Å². The first-order chi connectivity index (χ1) is 11.2. The molecular formula is C13H17N7O2S. The number of ether oxygens (including phenoxy) is 1. The van der Waals surface area contributed by atoms with E-state index in [0.29, 0.717) is 29.9 Å². The summed E-state index contributed by atoms with van der Waals surface area (Å²) in [5.74, 6) is 1.01. The van der Waals surface area contributed by atoms with Crippen molar-refractivity contribution in [2.45, 2.75) is 24.1 Å². The topological polar surface area (TPSA) is 98.9 Å². The molecule has 2 aromatic rings. The lowest BCUT2D eigenvalue weighted by Crippen LogP contribution is -2.42. The van der Waals surface area contributed by atoms with Crippen molar-refractivity contribution in [3.05, 3.63) is 18.6 Å². The van der Waals surface area contributed by atoms with Crippen molar-refractivity contribution < 1.29 is 9.53 Å². The molecule has 0 N–H and O–H groups in total. The molecule has 3 heterocycles. The number of rotatable bonds is 5. The smallest absolute Gasteiger partial charge is 0.233 e. The molecule has 0 spiro atoms. The third-order valence-electron chi connectivity index (χ3n) is 3.54. The van der Waals surface area contributed by atoms with Crippen molar-refractivity contribution in [1.29, 1.82) is 0 Å². The molecule has 9 nitrogen and oxygen atoms in total. The molecule has 0 atom stereocenters. The molecule has 0 aromatic carbocycles. The monoisotopic (exact) mass is 335 g/mol. The van der Waals surface area contributed by atoms with E-state index in [1.807, 2.05) is 4.90 Å². The first kappa shape index (κ1) is 15.7. The maximum absolute atomic E-state index is 12.2. The molecule has 1 aliphatic heterocycles. The Morgan fingerprint density at radius 2 is 2.26 bits per heavy atom. The van der Waals surface area contributed by atoms with Gasteiger partial charge in [0.1, 0.15) is 12.4 Å². The van der Waals surface area contributed by atoms with Crippen LogP contribution in [-0.2, 0) is 11.8 Å². The van der Waals surface area contributed by atoms with Crippen LogP contribution in [0.3, 0.4) is 0 Å². The summed E-state index contributed by atoms with van der Waals surface area (Å²) in [7, 11) is 1.75. The van der Waals surface area contributed by atoms with Gasteiger partial charge in [-0.3, -0.25) is 4.79 Å². The maximum atomic E-state index is 12.2. The molecule has 2 aromatic heterocycles. The Kier molecular flexibility index (Phi) is 5.01. The average molecular weight is 335 g/mol. The van der Waals surface area contributed by atoms with Gasteiger partial charge in [0, 0.05) is 45.2 Å². The zero-order chi connectivity index (χ0) is 16.1. The Labute approximate surface area is 137 Å². The number of carbonyl (C=O) groups is 1. The number of thioether (sulfide) groups is 1. The molecule has 1 amide bonds. The van der Waals surface area contributed by atoms with Crippen LogP contribution in [0.4, 0.5) is 0 Å². The van der Waals surface area contributed by atoms with E-state index in [1.165, 1.54) is 18.1 Å². The van der Waals surface area contributed by atoms with Crippen molar-refractivity contribution in [1.82, 2.24) is 35.1 Å². The lowest BCUT2D eigenvalue weighted by Gasteiger charge is -2.31. The Morgan fingerprint density at radius 3 is 2.91 bits per heavy atom. The third-order valence-corrected chi connectivity index (χ3v) is 4.54. The van der Waals surface area contributed by atoms with E-state index in [2.05, 4.69) is 25.5 Å². The van der Waals surface area contributed by atoms with Crippen LogP contribution >= 0.6 is 11.8 Å². The lowest BCUT2D eigenvalue weighted by atomic mass is 10.1. The predicted octanol–water partition coefficient (Wildman–Crippen LogP) is 0.162. The minimum Gasteiger partial charge on any atom is -0.474 e. The van der Waals surface area contributed by atoms with Crippen LogP contribution in [-0.4, -0.2) is 65.9 Å². The SMILES string of the molecule is Cn1nnnc1SCC(=O)N1CCC(Oc2ccncn2)CC1. The third kappa shape index (κ3) is 4.15. The van der Waals surface area contributed by atoms with Crippen molar-refractivity contribution in [3.8, 4) is 5.88 Å². The van der Waals surface area contributed by atoms with Crippen LogP contribution in [0.5, 0.6) is 5.88 Å². The number of likely N-dealkylation sites (tertiary alicyclic amines) is 1. The molecule has 23 heavy (non-hydrogen) atoms. The van der Waals surface area contributed by atoms with E-state index in [4.69, 9.17) is 4.74 Å². The quantitative estimate of drug-likeness (QED) is 0.713. The highest BCUT2D eigenvalue weighted by Crippen LogP contribution is 2.19. The molecule has 1 fully saturated rings. The largest absolute Gasteiger partial charge is 0.474 e. The summed E-state index contributed by atoms with van der Waals surface area (Å²) < 4.78 is 7.35. The number of hydrogen-bond donors (Lipinski definition) is 0. The van der Waals surface area contributed by atoms with Crippen molar-refractivity contribution in [2.75, 3.05) is 18.8 Å². The van der Waals surface area contributed by atoms with Gasteiger partial charge in [-0.2, -0.15) is 0 Å². The van der Waals surface area contributed by atoms with Crippen molar-refractivity contribution in [3.63, 3.8) is 0 Å². The molecule has 10 heteroatoms. The lowest BCUT2D eigenvalue weighted by molar-refractivity contribution is -0.130. The number of tetrazole rings is 1. The van der Waals surface area contributed by atoms with Crippen LogP contribution < -0.4 is 4.74 Å². The highest BCUT2D eigenvalue weighted by atomic mass is 32.2. The first-order valence-electron chi connectivity index (χ1n) is 7.28. The number of aryl methyl sites for hydroxylation is 1. The number of carbonyl (C=O) groups excluding carboxylic acids is 1. The normalized spacial score (nSPS) is 15.6. The standard InChI is InChI=1S/C13H17N7O2S/c1-19-13(16-17-18-19)23-8-12(21)20-6-3-10(4-7-20)22-11-2-5-14-9-15-11/h2,5,9-10H,3-4,6-8H2,1H3. The number of piperidine rings is 1. The van der Waals surface area contributed by atoms with Crippen LogP contribution in [0, 0.1) is 0 Å². The minimum absolute atomic E-state index is 0.0875. The van der Waals surface area contributed by atoms with Crippen LogP contribution in [0.15, 0.2) is 23.7 Å². The number of nitrogens with zero attached hydrogens (tertiary/aromatic N) is 7. The molecule has 3 rings (SSSR count). The zero-order valence-electron chi connectivity index (χ0n) is 12.7. The predicted molar refractivity (Wildman–Crippen MR) is 81.8 cm³/mol.